The van der Waals surface area contributed by atoms with Gasteiger partial charge in [-0.1, -0.05) is 24.7 Å². The number of amides is 1. The van der Waals surface area contributed by atoms with Crippen LogP contribution in [-0.2, 0) is 4.79 Å². The van der Waals surface area contributed by atoms with E-state index in [1.165, 1.54) is 11.3 Å². The third kappa shape index (κ3) is 2.68. The molecule has 0 saturated heterocycles. The molecular weight excluding hydrogens is 286 g/mol. The molecule has 21 heavy (non-hydrogen) atoms. The average molecular weight is 305 g/mol. The number of hydrogen-bond donors (Lipinski definition) is 2. The van der Waals surface area contributed by atoms with Gasteiger partial charge in [-0.25, -0.2) is 4.98 Å². The molecule has 0 bridgehead atoms. The van der Waals surface area contributed by atoms with Crippen molar-refractivity contribution in [1.29, 1.82) is 0 Å². The highest BCUT2D eigenvalue weighted by molar-refractivity contribution is 7.22. The minimum atomic E-state index is 0.0750. The van der Waals surface area contributed by atoms with Gasteiger partial charge in [0.05, 0.1) is 11.8 Å². The first kappa shape index (κ1) is 14.1. The number of aromatic nitrogens is 1. The first-order valence-electron chi connectivity index (χ1n) is 7.13. The summed E-state index contributed by atoms with van der Waals surface area (Å²) >= 11 is 1.43. The number of fused-ring (bicyclic) bond motifs is 1. The molecule has 2 unspecified atom stereocenters. The van der Waals surface area contributed by atoms with E-state index in [1.807, 2.05) is 6.07 Å². The van der Waals surface area contributed by atoms with E-state index in [0.717, 1.165) is 29.5 Å². The van der Waals surface area contributed by atoms with E-state index >= 15 is 0 Å². The van der Waals surface area contributed by atoms with Gasteiger partial charge in [-0.3, -0.25) is 4.79 Å². The lowest BCUT2D eigenvalue weighted by molar-refractivity contribution is -0.120. The van der Waals surface area contributed by atoms with Gasteiger partial charge in [0.25, 0.3) is 0 Å². The number of thiazole rings is 1. The van der Waals surface area contributed by atoms with Crippen LogP contribution < -0.4 is 15.8 Å². The third-order valence-electron chi connectivity index (χ3n) is 4.13. The van der Waals surface area contributed by atoms with Crippen LogP contribution in [0.4, 0.5) is 10.8 Å². The van der Waals surface area contributed by atoms with Crippen LogP contribution in [0.25, 0.3) is 10.2 Å². The summed E-state index contributed by atoms with van der Waals surface area (Å²) in [4.78, 5) is 16.8. The summed E-state index contributed by atoms with van der Waals surface area (Å²) in [6.45, 7) is 2.14. The fourth-order valence-corrected chi connectivity index (χ4v) is 3.90. The first-order chi connectivity index (χ1) is 10.1. The van der Waals surface area contributed by atoms with Gasteiger partial charge in [-0.2, -0.15) is 0 Å². The molecule has 1 aliphatic rings. The van der Waals surface area contributed by atoms with Crippen molar-refractivity contribution in [3.63, 3.8) is 0 Å². The molecule has 1 aromatic heterocycles. The summed E-state index contributed by atoms with van der Waals surface area (Å²) in [5.41, 5.74) is 7.21. The topological polar surface area (TPSA) is 77.2 Å². The van der Waals surface area contributed by atoms with E-state index < -0.39 is 0 Å². The van der Waals surface area contributed by atoms with E-state index in [9.17, 15) is 4.79 Å². The molecule has 1 saturated carbocycles. The number of carbonyl (C=O) groups excluding carboxylic acids is 1. The van der Waals surface area contributed by atoms with Gasteiger partial charge < -0.3 is 15.8 Å². The van der Waals surface area contributed by atoms with Gasteiger partial charge in [0.2, 0.25) is 5.91 Å². The number of rotatable bonds is 3. The van der Waals surface area contributed by atoms with Crippen molar-refractivity contribution >= 4 is 38.3 Å². The van der Waals surface area contributed by atoms with Crippen LogP contribution >= 0.6 is 11.3 Å². The molecule has 0 spiro atoms. The quantitative estimate of drug-likeness (QED) is 0.853. The lowest BCUT2D eigenvalue weighted by Crippen LogP contribution is -2.24. The standard InChI is InChI=1S/C15H19N3O2S/c1-8-4-3-5-10(8)14(19)18-15-17-13-11(20-2)6-9(16)7-12(13)21-15/h6-8,10H,3-5,16H2,1-2H3,(H,17,18,19). The SMILES string of the molecule is COc1cc(N)cc2sc(NC(=O)C3CCCC3C)nc12. The Morgan fingerprint density at radius 2 is 2.29 bits per heavy atom. The van der Waals surface area contributed by atoms with Crippen LogP contribution in [0.3, 0.4) is 0 Å². The maximum Gasteiger partial charge on any atom is 0.229 e. The van der Waals surface area contributed by atoms with E-state index in [2.05, 4.69) is 17.2 Å². The number of anilines is 2. The van der Waals surface area contributed by atoms with Crippen LogP contribution in [0.2, 0.25) is 0 Å². The Balaban J connectivity index is 1.86. The summed E-state index contributed by atoms with van der Waals surface area (Å²) < 4.78 is 6.21. The Morgan fingerprint density at radius 1 is 1.48 bits per heavy atom. The minimum Gasteiger partial charge on any atom is -0.494 e. The van der Waals surface area contributed by atoms with Crippen LogP contribution in [0.15, 0.2) is 12.1 Å². The van der Waals surface area contributed by atoms with Crippen molar-refractivity contribution in [2.75, 3.05) is 18.2 Å². The van der Waals surface area contributed by atoms with E-state index in [1.54, 1.807) is 13.2 Å². The summed E-state index contributed by atoms with van der Waals surface area (Å²) in [7, 11) is 1.59. The average Bonchev–Trinajstić information content (AvgIpc) is 3.03. The molecular formula is C15H19N3O2S. The zero-order valence-electron chi connectivity index (χ0n) is 12.2. The van der Waals surface area contributed by atoms with Crippen LogP contribution in [0, 0.1) is 11.8 Å². The van der Waals surface area contributed by atoms with Crippen molar-refractivity contribution in [3.05, 3.63) is 12.1 Å². The van der Waals surface area contributed by atoms with Crippen LogP contribution in [0.1, 0.15) is 26.2 Å². The van der Waals surface area contributed by atoms with E-state index in [-0.39, 0.29) is 11.8 Å². The Labute approximate surface area is 127 Å². The smallest absolute Gasteiger partial charge is 0.229 e. The van der Waals surface area contributed by atoms with Gasteiger partial charge in [0.15, 0.2) is 5.13 Å². The molecule has 2 atom stereocenters. The molecule has 6 heteroatoms. The number of nitrogens with one attached hydrogen (secondary N) is 1. The van der Waals surface area contributed by atoms with Gasteiger partial charge in [0, 0.05) is 17.7 Å². The monoisotopic (exact) mass is 305 g/mol. The molecule has 2 aromatic rings. The van der Waals surface area contributed by atoms with Crippen molar-refractivity contribution in [2.24, 2.45) is 11.8 Å². The van der Waals surface area contributed by atoms with Gasteiger partial charge in [0.1, 0.15) is 11.3 Å². The highest BCUT2D eigenvalue weighted by atomic mass is 32.1. The van der Waals surface area contributed by atoms with Crippen molar-refractivity contribution in [3.8, 4) is 5.75 Å². The number of methoxy groups -OCH3 is 1. The third-order valence-corrected chi connectivity index (χ3v) is 5.05. The van der Waals surface area contributed by atoms with E-state index in [0.29, 0.717) is 22.5 Å². The van der Waals surface area contributed by atoms with Gasteiger partial charge in [-0.15, -0.1) is 0 Å². The molecule has 0 radical (unpaired) electrons. The maximum atomic E-state index is 12.3. The molecule has 1 fully saturated rings. The van der Waals surface area contributed by atoms with E-state index in [4.69, 9.17) is 10.5 Å². The number of nitrogens with zero attached hydrogens (tertiary/aromatic N) is 1. The molecule has 112 valence electrons. The van der Waals surface area contributed by atoms with Gasteiger partial charge in [-0.05, 0) is 24.8 Å². The summed E-state index contributed by atoms with van der Waals surface area (Å²) in [5.74, 6) is 1.26. The Hall–Kier alpha value is -1.82. The fourth-order valence-electron chi connectivity index (χ4n) is 2.96. The number of benzene rings is 1. The Morgan fingerprint density at radius 3 is 2.95 bits per heavy atom. The molecule has 3 N–H and O–H groups in total. The first-order valence-corrected chi connectivity index (χ1v) is 7.95. The molecule has 1 heterocycles. The van der Waals surface area contributed by atoms with Gasteiger partial charge >= 0.3 is 0 Å². The second kappa shape index (κ2) is 5.52. The zero-order chi connectivity index (χ0) is 15.0. The molecule has 1 aromatic carbocycles. The maximum absolute atomic E-state index is 12.3. The Bertz CT molecular complexity index is 683. The normalized spacial score (nSPS) is 21.6. The number of hydrogen-bond acceptors (Lipinski definition) is 5. The predicted molar refractivity (Wildman–Crippen MR) is 85.7 cm³/mol. The molecule has 0 aliphatic heterocycles. The molecule has 1 aliphatic carbocycles. The van der Waals surface area contributed by atoms with Crippen molar-refractivity contribution < 1.29 is 9.53 Å². The van der Waals surface area contributed by atoms with Crippen LogP contribution in [-0.4, -0.2) is 18.0 Å². The summed E-state index contributed by atoms with van der Waals surface area (Å²) in [6.07, 6.45) is 3.22. The molecule has 3 rings (SSSR count). The van der Waals surface area contributed by atoms with Crippen LogP contribution in [0.5, 0.6) is 5.75 Å². The summed E-state index contributed by atoms with van der Waals surface area (Å²) in [5, 5.41) is 3.56. The lowest BCUT2D eigenvalue weighted by atomic mass is 9.97. The number of carbonyl (C=O) groups is 1. The predicted octanol–water partition coefficient (Wildman–Crippen LogP) is 3.26. The summed E-state index contributed by atoms with van der Waals surface area (Å²) in [6, 6.07) is 3.59. The minimum absolute atomic E-state index is 0.0750. The number of nitrogens with two attached hydrogens (primary N) is 1. The highest BCUT2D eigenvalue weighted by Crippen LogP contribution is 2.36. The van der Waals surface area contributed by atoms with Crippen molar-refractivity contribution in [1.82, 2.24) is 4.98 Å². The zero-order valence-corrected chi connectivity index (χ0v) is 13.0. The second-order valence-corrected chi connectivity index (χ2v) is 6.62. The highest BCUT2D eigenvalue weighted by Gasteiger charge is 2.30. The fraction of sp³-hybridized carbons (Fsp3) is 0.467. The molecule has 1 amide bonds. The lowest BCUT2D eigenvalue weighted by Gasteiger charge is -2.13. The van der Waals surface area contributed by atoms with Crippen molar-refractivity contribution in [2.45, 2.75) is 26.2 Å². The second-order valence-electron chi connectivity index (χ2n) is 5.59. The largest absolute Gasteiger partial charge is 0.494 e. The molecule has 5 nitrogen and oxygen atoms in total. The Kier molecular flexibility index (Phi) is 3.71. The number of ether oxygens (including phenoxy) is 1. The number of nitrogen functional groups attached to an aromatic ring is 1.